The highest BCUT2D eigenvalue weighted by atomic mass is 15.0. The van der Waals surface area contributed by atoms with Crippen molar-refractivity contribution in [2.75, 3.05) is 0 Å². The number of fused-ring (bicyclic) bond motifs is 1. The van der Waals surface area contributed by atoms with Crippen LogP contribution in [0.5, 0.6) is 0 Å². The van der Waals surface area contributed by atoms with Gasteiger partial charge in [0.25, 0.3) is 0 Å². The van der Waals surface area contributed by atoms with Crippen molar-refractivity contribution in [2.45, 2.75) is 13.8 Å². The summed E-state index contributed by atoms with van der Waals surface area (Å²) in [5, 5.41) is 3.53. The maximum absolute atomic E-state index is 4.27. The number of benzene rings is 2. The van der Waals surface area contributed by atoms with Crippen molar-refractivity contribution in [3.63, 3.8) is 0 Å². The topological polar surface area (TPSA) is 4.93 Å². The molecule has 0 atom stereocenters. The van der Waals surface area contributed by atoms with Gasteiger partial charge in [0.15, 0.2) is 0 Å². The molecule has 2 aromatic carbocycles. The molecule has 0 aliphatic carbocycles. The van der Waals surface area contributed by atoms with Gasteiger partial charge in [-0.05, 0) is 37.6 Å². The summed E-state index contributed by atoms with van der Waals surface area (Å²) < 4.78 is 2.23. The van der Waals surface area contributed by atoms with Crippen molar-refractivity contribution in [1.82, 2.24) is 4.57 Å². The molecule has 0 amide bonds. The van der Waals surface area contributed by atoms with Crippen molar-refractivity contribution in [2.24, 2.45) is 0 Å². The van der Waals surface area contributed by atoms with E-state index in [1.165, 1.54) is 27.4 Å². The van der Waals surface area contributed by atoms with Crippen LogP contribution in [0.15, 0.2) is 48.5 Å². The van der Waals surface area contributed by atoms with E-state index in [2.05, 4.69) is 79.6 Å². The van der Waals surface area contributed by atoms with Crippen molar-refractivity contribution >= 4 is 23.6 Å². The zero-order valence-corrected chi connectivity index (χ0v) is 11.4. The molecule has 0 radical (unpaired) electrons. The molecule has 1 heteroatoms. The first-order chi connectivity index (χ1) is 9.22. The third-order valence-corrected chi connectivity index (χ3v) is 3.56. The van der Waals surface area contributed by atoms with Crippen molar-refractivity contribution in [1.29, 1.82) is 0 Å². The summed E-state index contributed by atoms with van der Waals surface area (Å²) >= 11 is 0. The normalized spacial score (nSPS) is 12.2. The number of rotatable bonds is 1. The second-order valence-corrected chi connectivity index (χ2v) is 4.84. The Morgan fingerprint density at radius 1 is 1.05 bits per heavy atom. The quantitative estimate of drug-likeness (QED) is 0.622. The lowest BCUT2D eigenvalue weighted by molar-refractivity contribution is 1.07. The molecule has 3 aromatic rings. The third kappa shape index (κ3) is 1.78. The fraction of sp³-hybridized carbons (Fsp3) is 0.111. The van der Waals surface area contributed by atoms with Gasteiger partial charge in [0.05, 0.1) is 5.52 Å². The first-order valence-electron chi connectivity index (χ1n) is 6.54. The Morgan fingerprint density at radius 2 is 1.84 bits per heavy atom. The first-order valence-corrected chi connectivity index (χ1v) is 6.54. The van der Waals surface area contributed by atoms with Gasteiger partial charge in [-0.15, -0.1) is 0 Å². The van der Waals surface area contributed by atoms with Gasteiger partial charge in [0, 0.05) is 21.6 Å². The molecule has 0 saturated carbocycles. The summed E-state index contributed by atoms with van der Waals surface area (Å²) in [5.41, 5.74) is 3.65. The Balaban J connectivity index is 2.49. The van der Waals surface area contributed by atoms with E-state index in [1.54, 1.807) is 0 Å². The molecule has 0 aliphatic rings. The Kier molecular flexibility index (Phi) is 2.75. The van der Waals surface area contributed by atoms with Gasteiger partial charge in [0.1, 0.15) is 0 Å². The lowest BCUT2D eigenvalue weighted by Gasteiger charge is -2.06. The standard InChI is InChI=1S/C18H17N/c1-4-16-14(3)19(15-9-7-8-13(2)12-15)18-11-6-5-10-17(16)18/h4-12H,3H2,1-2H3. The maximum atomic E-state index is 4.27. The molecule has 0 bridgehead atoms. The highest BCUT2D eigenvalue weighted by Gasteiger charge is 2.06. The summed E-state index contributed by atoms with van der Waals surface area (Å²) in [6.45, 7) is 8.45. The second kappa shape index (κ2) is 4.43. The number of aromatic nitrogens is 1. The lowest BCUT2D eigenvalue weighted by Crippen LogP contribution is -2.26. The van der Waals surface area contributed by atoms with Crippen LogP contribution in [0.1, 0.15) is 12.5 Å². The van der Waals surface area contributed by atoms with Crippen LogP contribution in [0.3, 0.4) is 0 Å². The predicted octanol–water partition coefficient (Wildman–Crippen LogP) is 3.15. The number of hydrogen-bond donors (Lipinski definition) is 0. The van der Waals surface area contributed by atoms with Gasteiger partial charge >= 0.3 is 0 Å². The number of aryl methyl sites for hydroxylation is 1. The molecule has 0 spiro atoms. The first kappa shape index (κ1) is 11.8. The van der Waals surface area contributed by atoms with Crippen LogP contribution < -0.4 is 10.6 Å². The van der Waals surface area contributed by atoms with Gasteiger partial charge in [0.2, 0.25) is 0 Å². The van der Waals surface area contributed by atoms with E-state index < -0.39 is 0 Å². The number of para-hydroxylation sites is 1. The zero-order valence-electron chi connectivity index (χ0n) is 11.4. The summed E-state index contributed by atoms with van der Waals surface area (Å²) in [6, 6.07) is 17.0. The van der Waals surface area contributed by atoms with Crippen LogP contribution in [-0.4, -0.2) is 4.57 Å². The summed E-state index contributed by atoms with van der Waals surface area (Å²) in [4.78, 5) is 0. The Morgan fingerprint density at radius 3 is 2.58 bits per heavy atom. The molecule has 0 N–H and O–H groups in total. The van der Waals surface area contributed by atoms with E-state index in [1.807, 2.05) is 0 Å². The van der Waals surface area contributed by atoms with Crippen molar-refractivity contribution in [3.05, 3.63) is 64.7 Å². The Hall–Kier alpha value is -2.28. The van der Waals surface area contributed by atoms with Gasteiger partial charge in [-0.2, -0.15) is 0 Å². The van der Waals surface area contributed by atoms with Crippen molar-refractivity contribution < 1.29 is 0 Å². The summed E-state index contributed by atoms with van der Waals surface area (Å²) in [5.74, 6) is 0. The molecule has 0 unspecified atom stereocenters. The average molecular weight is 247 g/mol. The van der Waals surface area contributed by atoms with Crippen LogP contribution in [0.4, 0.5) is 0 Å². The van der Waals surface area contributed by atoms with Gasteiger partial charge in [-0.3, -0.25) is 0 Å². The molecule has 0 saturated heterocycles. The minimum Gasteiger partial charge on any atom is -0.310 e. The second-order valence-electron chi connectivity index (χ2n) is 4.84. The molecule has 1 heterocycles. The van der Waals surface area contributed by atoms with E-state index in [9.17, 15) is 0 Å². The van der Waals surface area contributed by atoms with E-state index in [-0.39, 0.29) is 0 Å². The van der Waals surface area contributed by atoms with Crippen LogP contribution in [0.25, 0.3) is 29.2 Å². The monoisotopic (exact) mass is 247 g/mol. The minimum atomic E-state index is 1.05. The fourth-order valence-corrected chi connectivity index (χ4v) is 2.70. The fourth-order valence-electron chi connectivity index (χ4n) is 2.70. The van der Waals surface area contributed by atoms with Crippen molar-refractivity contribution in [3.8, 4) is 5.69 Å². The Bertz CT molecular complexity index is 853. The number of nitrogens with zero attached hydrogens (tertiary/aromatic N) is 1. The van der Waals surface area contributed by atoms with Gasteiger partial charge < -0.3 is 4.57 Å². The van der Waals surface area contributed by atoms with E-state index >= 15 is 0 Å². The van der Waals surface area contributed by atoms with Crippen LogP contribution in [-0.2, 0) is 0 Å². The molecule has 3 rings (SSSR count). The zero-order chi connectivity index (χ0) is 13.4. The smallest absolute Gasteiger partial charge is 0.0540 e. The molecular weight excluding hydrogens is 230 g/mol. The molecule has 1 aromatic heterocycles. The molecule has 1 nitrogen and oxygen atoms in total. The van der Waals surface area contributed by atoms with Crippen LogP contribution >= 0.6 is 0 Å². The molecule has 94 valence electrons. The van der Waals surface area contributed by atoms with E-state index in [0.717, 1.165) is 5.35 Å². The number of hydrogen-bond acceptors (Lipinski definition) is 0. The Labute approximate surface area is 113 Å². The summed E-state index contributed by atoms with van der Waals surface area (Å²) in [6.07, 6.45) is 2.14. The molecule has 0 fully saturated rings. The SMILES string of the molecule is C=c1c(=CC)c2ccccc2n1-c1cccc(C)c1. The molecule has 19 heavy (non-hydrogen) atoms. The van der Waals surface area contributed by atoms with Gasteiger partial charge in [-0.25, -0.2) is 0 Å². The highest BCUT2D eigenvalue weighted by Crippen LogP contribution is 2.15. The lowest BCUT2D eigenvalue weighted by atomic mass is 10.2. The molecular formula is C18H17N. The molecule has 0 aliphatic heterocycles. The summed E-state index contributed by atoms with van der Waals surface area (Å²) in [7, 11) is 0. The van der Waals surface area contributed by atoms with E-state index in [4.69, 9.17) is 0 Å². The van der Waals surface area contributed by atoms with Crippen LogP contribution in [0, 0.1) is 6.92 Å². The predicted molar refractivity (Wildman–Crippen MR) is 82.9 cm³/mol. The third-order valence-electron chi connectivity index (χ3n) is 3.56. The maximum Gasteiger partial charge on any atom is 0.0540 e. The van der Waals surface area contributed by atoms with Gasteiger partial charge in [-0.1, -0.05) is 43.0 Å². The van der Waals surface area contributed by atoms with Crippen LogP contribution in [0.2, 0.25) is 0 Å². The minimum absolute atomic E-state index is 1.05. The highest BCUT2D eigenvalue weighted by molar-refractivity contribution is 5.83. The average Bonchev–Trinajstić information content (AvgIpc) is 2.70. The largest absolute Gasteiger partial charge is 0.310 e. The van der Waals surface area contributed by atoms with E-state index in [0.29, 0.717) is 0 Å².